The molecule has 0 aliphatic rings. The van der Waals surface area contributed by atoms with Crippen LogP contribution in [0.5, 0.6) is 0 Å². The number of halogens is 3. The van der Waals surface area contributed by atoms with Gasteiger partial charge in [-0.25, -0.2) is 4.39 Å². The Kier molecular flexibility index (Phi) is 5.41. The Morgan fingerprint density at radius 3 is 2.30 bits per heavy atom. The lowest BCUT2D eigenvalue weighted by Crippen LogP contribution is -2.19. The lowest BCUT2D eigenvalue weighted by molar-refractivity contribution is 0.532. The number of benzene rings is 2. The summed E-state index contributed by atoms with van der Waals surface area (Å²) in [5.41, 5.74) is 7.98. The highest BCUT2D eigenvalue weighted by Crippen LogP contribution is 2.21. The third-order valence-electron chi connectivity index (χ3n) is 3.26. The Labute approximate surface area is 128 Å². The van der Waals surface area contributed by atoms with Crippen LogP contribution in [0.1, 0.15) is 11.1 Å². The smallest absolute Gasteiger partial charge is 0.141 e. The van der Waals surface area contributed by atoms with Crippen molar-refractivity contribution in [2.45, 2.75) is 12.8 Å². The molecule has 2 rings (SSSR count). The van der Waals surface area contributed by atoms with Crippen molar-refractivity contribution in [2.75, 3.05) is 6.54 Å². The fraction of sp³-hybridized carbons (Fsp3) is 0.250. The molecule has 1 nitrogen and oxygen atoms in total. The summed E-state index contributed by atoms with van der Waals surface area (Å²) in [5.74, 6) is -0.121. The first-order chi connectivity index (χ1) is 9.58. The zero-order valence-electron chi connectivity index (χ0n) is 11.0. The second kappa shape index (κ2) is 7.07. The molecule has 4 heteroatoms. The Balaban J connectivity index is 2.07. The summed E-state index contributed by atoms with van der Waals surface area (Å²) >= 11 is 11.8. The molecular weight excluding hydrogens is 296 g/mol. The molecule has 0 saturated carbocycles. The molecule has 0 aliphatic heterocycles. The molecule has 0 fully saturated rings. The monoisotopic (exact) mass is 311 g/mol. The molecule has 0 aliphatic carbocycles. The van der Waals surface area contributed by atoms with Gasteiger partial charge in [-0.3, -0.25) is 0 Å². The van der Waals surface area contributed by atoms with Crippen molar-refractivity contribution in [3.63, 3.8) is 0 Å². The average Bonchev–Trinajstić information content (AvgIpc) is 2.42. The zero-order valence-corrected chi connectivity index (χ0v) is 12.5. The first-order valence-corrected chi connectivity index (χ1v) is 7.22. The van der Waals surface area contributed by atoms with Crippen LogP contribution in [0.25, 0.3) is 0 Å². The van der Waals surface area contributed by atoms with Crippen LogP contribution >= 0.6 is 23.2 Å². The van der Waals surface area contributed by atoms with Crippen molar-refractivity contribution < 1.29 is 4.39 Å². The number of rotatable bonds is 5. The van der Waals surface area contributed by atoms with Gasteiger partial charge in [0.15, 0.2) is 0 Å². The van der Waals surface area contributed by atoms with Crippen molar-refractivity contribution in [3.05, 3.63) is 69.5 Å². The van der Waals surface area contributed by atoms with Crippen LogP contribution in [-0.4, -0.2) is 6.54 Å². The summed E-state index contributed by atoms with van der Waals surface area (Å²) in [6.45, 7) is 0.557. The molecule has 0 amide bonds. The van der Waals surface area contributed by atoms with Gasteiger partial charge in [0.1, 0.15) is 5.82 Å². The van der Waals surface area contributed by atoms with Gasteiger partial charge in [0.25, 0.3) is 0 Å². The second-order valence-corrected chi connectivity index (χ2v) is 5.73. The van der Waals surface area contributed by atoms with Crippen LogP contribution in [0.2, 0.25) is 10.0 Å². The van der Waals surface area contributed by atoms with Gasteiger partial charge in [0, 0.05) is 5.02 Å². The average molecular weight is 312 g/mol. The number of hydrogen-bond acceptors (Lipinski definition) is 1. The molecule has 0 bridgehead atoms. The molecule has 0 spiro atoms. The second-order valence-electron chi connectivity index (χ2n) is 4.89. The predicted octanol–water partition coefficient (Wildman–Crippen LogP) is 4.49. The van der Waals surface area contributed by atoms with Crippen LogP contribution in [-0.2, 0) is 12.8 Å². The van der Waals surface area contributed by atoms with Gasteiger partial charge < -0.3 is 5.73 Å². The highest BCUT2D eigenvalue weighted by atomic mass is 35.5. The van der Waals surface area contributed by atoms with Crippen LogP contribution in [0.3, 0.4) is 0 Å². The third-order valence-corrected chi connectivity index (χ3v) is 3.78. The quantitative estimate of drug-likeness (QED) is 0.865. The van der Waals surface area contributed by atoms with Crippen LogP contribution in [0.4, 0.5) is 4.39 Å². The molecule has 2 N–H and O–H groups in total. The molecule has 2 aromatic rings. The summed E-state index contributed by atoms with van der Waals surface area (Å²) in [6.07, 6.45) is 1.61. The lowest BCUT2D eigenvalue weighted by Gasteiger charge is -2.15. The summed E-state index contributed by atoms with van der Waals surface area (Å²) in [6, 6.07) is 12.6. The molecule has 106 valence electrons. The van der Waals surface area contributed by atoms with E-state index in [1.165, 1.54) is 6.07 Å². The SMILES string of the molecule is NCC(Cc1cccc(Cl)c1)Cc1ccc(F)c(Cl)c1. The Bertz CT molecular complexity index is 586. The van der Waals surface area contributed by atoms with Gasteiger partial charge >= 0.3 is 0 Å². The van der Waals surface area contributed by atoms with Gasteiger partial charge in [-0.15, -0.1) is 0 Å². The Morgan fingerprint density at radius 2 is 1.70 bits per heavy atom. The molecule has 0 radical (unpaired) electrons. The van der Waals surface area contributed by atoms with E-state index in [0.29, 0.717) is 6.54 Å². The molecule has 20 heavy (non-hydrogen) atoms. The van der Waals surface area contributed by atoms with E-state index < -0.39 is 5.82 Å². The molecule has 1 unspecified atom stereocenters. The van der Waals surface area contributed by atoms with Gasteiger partial charge in [0.05, 0.1) is 5.02 Å². The van der Waals surface area contributed by atoms with Crippen molar-refractivity contribution in [1.29, 1.82) is 0 Å². The molecular formula is C16H16Cl2FN. The molecule has 0 aromatic heterocycles. The van der Waals surface area contributed by atoms with E-state index in [9.17, 15) is 4.39 Å². The van der Waals surface area contributed by atoms with E-state index in [4.69, 9.17) is 28.9 Å². The summed E-state index contributed by atoms with van der Waals surface area (Å²) in [4.78, 5) is 0. The van der Waals surface area contributed by atoms with Crippen LogP contribution in [0, 0.1) is 11.7 Å². The van der Waals surface area contributed by atoms with Crippen LogP contribution in [0.15, 0.2) is 42.5 Å². The van der Waals surface area contributed by atoms with E-state index >= 15 is 0 Å². The number of nitrogens with two attached hydrogens (primary N) is 1. The van der Waals surface area contributed by atoms with E-state index in [-0.39, 0.29) is 10.9 Å². The van der Waals surface area contributed by atoms with Crippen molar-refractivity contribution >= 4 is 23.2 Å². The Hall–Kier alpha value is -1.09. The van der Waals surface area contributed by atoms with E-state index in [1.807, 2.05) is 24.3 Å². The maximum Gasteiger partial charge on any atom is 0.141 e. The van der Waals surface area contributed by atoms with Gasteiger partial charge in [-0.05, 0) is 60.7 Å². The van der Waals surface area contributed by atoms with Crippen LogP contribution < -0.4 is 5.73 Å². The minimum Gasteiger partial charge on any atom is -0.330 e. The lowest BCUT2D eigenvalue weighted by atomic mass is 9.92. The topological polar surface area (TPSA) is 26.0 Å². The highest BCUT2D eigenvalue weighted by molar-refractivity contribution is 6.31. The fourth-order valence-corrected chi connectivity index (χ4v) is 2.65. The maximum absolute atomic E-state index is 13.1. The van der Waals surface area contributed by atoms with Gasteiger partial charge in [-0.2, -0.15) is 0 Å². The first-order valence-electron chi connectivity index (χ1n) is 6.47. The standard InChI is InChI=1S/C16H16Cl2FN/c17-14-3-1-2-11(8-14)6-13(10-20)7-12-4-5-16(19)15(18)9-12/h1-5,8-9,13H,6-7,10,20H2. The minimum atomic E-state index is -0.394. The van der Waals surface area contributed by atoms with Gasteiger partial charge in [-0.1, -0.05) is 41.4 Å². The van der Waals surface area contributed by atoms with E-state index in [2.05, 4.69) is 0 Å². The number of hydrogen-bond donors (Lipinski definition) is 1. The van der Waals surface area contributed by atoms with E-state index in [1.54, 1.807) is 12.1 Å². The van der Waals surface area contributed by atoms with Gasteiger partial charge in [0.2, 0.25) is 0 Å². The maximum atomic E-state index is 13.1. The molecule has 0 heterocycles. The largest absolute Gasteiger partial charge is 0.330 e. The summed E-state index contributed by atoms with van der Waals surface area (Å²) < 4.78 is 13.1. The van der Waals surface area contributed by atoms with E-state index in [0.717, 1.165) is 29.0 Å². The normalized spacial score (nSPS) is 12.4. The molecule has 0 saturated heterocycles. The fourth-order valence-electron chi connectivity index (χ4n) is 2.24. The summed E-state index contributed by atoms with van der Waals surface area (Å²) in [7, 11) is 0. The predicted molar refractivity (Wildman–Crippen MR) is 82.8 cm³/mol. The minimum absolute atomic E-state index is 0.154. The summed E-state index contributed by atoms with van der Waals surface area (Å²) in [5, 5.41) is 0.879. The first kappa shape index (κ1) is 15.3. The zero-order chi connectivity index (χ0) is 14.5. The Morgan fingerprint density at radius 1 is 1.00 bits per heavy atom. The van der Waals surface area contributed by atoms with Crippen molar-refractivity contribution in [3.8, 4) is 0 Å². The van der Waals surface area contributed by atoms with Crippen molar-refractivity contribution in [2.24, 2.45) is 11.7 Å². The van der Waals surface area contributed by atoms with Crippen molar-refractivity contribution in [1.82, 2.24) is 0 Å². The highest BCUT2D eigenvalue weighted by Gasteiger charge is 2.11. The molecule has 2 aromatic carbocycles. The molecule has 1 atom stereocenters. The third kappa shape index (κ3) is 4.20.